The molecule has 0 fully saturated rings. The molecule has 1 atom stereocenters. The Morgan fingerprint density at radius 2 is 1.79 bits per heavy atom. The van der Waals surface area contributed by atoms with Gasteiger partial charge >= 0.3 is 0 Å². The fraction of sp³-hybridized carbons (Fsp3) is 0.143. The van der Waals surface area contributed by atoms with Crippen LogP contribution in [0.5, 0.6) is 11.5 Å². The molecule has 2 aromatic carbocycles. The highest BCUT2D eigenvalue weighted by atomic mass is 32.1. The number of hydrogen-bond acceptors (Lipinski definition) is 5. The number of allylic oxidation sites excluding steroid dienone is 1. The predicted octanol–water partition coefficient (Wildman–Crippen LogP) is 4.05. The van der Waals surface area contributed by atoms with Gasteiger partial charge in [0.25, 0.3) is 5.56 Å². The summed E-state index contributed by atoms with van der Waals surface area (Å²) in [6.45, 7) is 0. The molecule has 0 saturated heterocycles. The fourth-order valence-corrected chi connectivity index (χ4v) is 3.62. The first-order valence-electron chi connectivity index (χ1n) is 8.73. The van der Waals surface area contributed by atoms with Crippen molar-refractivity contribution < 1.29 is 9.47 Å². The normalized spacial score (nSPS) is 15.2. The largest absolute Gasteiger partial charge is 0.497 e. The summed E-state index contributed by atoms with van der Waals surface area (Å²) < 4.78 is 11.2. The van der Waals surface area contributed by atoms with Crippen molar-refractivity contribution >= 4 is 23.7 Å². The number of nitrogens with one attached hydrogen (secondary N) is 3. The molecule has 1 aromatic heterocycles. The molecule has 7 heteroatoms. The summed E-state index contributed by atoms with van der Waals surface area (Å²) in [6, 6.07) is 15.5. The molecule has 4 rings (SSSR count). The Balaban J connectivity index is 1.95. The van der Waals surface area contributed by atoms with Crippen molar-refractivity contribution in [2.24, 2.45) is 0 Å². The summed E-state index contributed by atoms with van der Waals surface area (Å²) in [5.41, 5.74) is 3.06. The van der Waals surface area contributed by atoms with Crippen LogP contribution in [0.1, 0.15) is 22.6 Å². The maximum atomic E-state index is 12.8. The second-order valence-corrected chi connectivity index (χ2v) is 6.76. The van der Waals surface area contributed by atoms with E-state index in [1.165, 1.54) is 0 Å². The first-order valence-corrected chi connectivity index (χ1v) is 9.14. The van der Waals surface area contributed by atoms with E-state index in [2.05, 4.69) is 15.3 Å². The topological polar surface area (TPSA) is 79.1 Å². The van der Waals surface area contributed by atoms with E-state index >= 15 is 0 Å². The standard InChI is InChI=1S/C21H19N3O3S/c1-26-13-8-9-14(17(10-13)27-2)15-11-16(12-6-4-3-5-7-12)22-19-18(15)20(25)24-21(28)23-19/h3-11,15H,1-2H3,(H3,22,23,24,25,28). The number of hydrogen-bond donors (Lipinski definition) is 3. The number of aromatic nitrogens is 2. The third kappa shape index (κ3) is 3.20. The average molecular weight is 393 g/mol. The Morgan fingerprint density at radius 1 is 1.00 bits per heavy atom. The Labute approximate surface area is 166 Å². The molecule has 0 spiro atoms. The van der Waals surface area contributed by atoms with Crippen LogP contribution in [-0.2, 0) is 0 Å². The van der Waals surface area contributed by atoms with E-state index in [0.29, 0.717) is 22.9 Å². The highest BCUT2D eigenvalue weighted by Gasteiger charge is 2.28. The predicted molar refractivity (Wildman–Crippen MR) is 112 cm³/mol. The van der Waals surface area contributed by atoms with Crippen molar-refractivity contribution in [3.8, 4) is 11.5 Å². The maximum Gasteiger partial charge on any atom is 0.257 e. The highest BCUT2D eigenvalue weighted by Crippen LogP contribution is 2.40. The van der Waals surface area contributed by atoms with Gasteiger partial charge in [-0.3, -0.25) is 9.78 Å². The lowest BCUT2D eigenvalue weighted by Crippen LogP contribution is -2.24. The zero-order valence-corrected chi connectivity index (χ0v) is 16.2. The number of rotatable bonds is 4. The Morgan fingerprint density at radius 3 is 2.50 bits per heavy atom. The van der Waals surface area contributed by atoms with Gasteiger partial charge in [0.2, 0.25) is 0 Å². The summed E-state index contributed by atoms with van der Waals surface area (Å²) >= 11 is 5.17. The van der Waals surface area contributed by atoms with Gasteiger partial charge in [-0.1, -0.05) is 36.4 Å². The number of anilines is 1. The molecule has 0 aliphatic carbocycles. The van der Waals surface area contributed by atoms with Crippen LogP contribution in [0.25, 0.3) is 5.70 Å². The van der Waals surface area contributed by atoms with Crippen molar-refractivity contribution in [3.63, 3.8) is 0 Å². The Bertz CT molecular complexity index is 1170. The molecule has 2 heterocycles. The van der Waals surface area contributed by atoms with Crippen molar-refractivity contribution in [2.75, 3.05) is 19.5 Å². The van der Waals surface area contributed by atoms with E-state index in [1.807, 2.05) is 54.6 Å². The molecule has 1 aliphatic rings. The van der Waals surface area contributed by atoms with Crippen molar-refractivity contribution in [2.45, 2.75) is 5.92 Å². The van der Waals surface area contributed by atoms with Crippen molar-refractivity contribution in [3.05, 3.63) is 86.4 Å². The minimum absolute atomic E-state index is 0.238. The van der Waals surface area contributed by atoms with Gasteiger partial charge in [-0.2, -0.15) is 0 Å². The monoisotopic (exact) mass is 393 g/mol. The molecule has 0 bridgehead atoms. The molecule has 142 valence electrons. The highest BCUT2D eigenvalue weighted by molar-refractivity contribution is 7.71. The summed E-state index contributed by atoms with van der Waals surface area (Å²) in [6.07, 6.45) is 2.02. The lowest BCUT2D eigenvalue weighted by molar-refractivity contribution is 0.391. The van der Waals surface area contributed by atoms with Crippen LogP contribution in [0.2, 0.25) is 0 Å². The average Bonchev–Trinajstić information content (AvgIpc) is 2.72. The second kappa shape index (κ2) is 7.36. The van der Waals surface area contributed by atoms with Crippen LogP contribution in [0.4, 0.5) is 5.82 Å². The molecular formula is C21H19N3O3S. The minimum atomic E-state index is -0.331. The molecule has 1 aliphatic heterocycles. The zero-order chi connectivity index (χ0) is 19.7. The van der Waals surface area contributed by atoms with E-state index in [9.17, 15) is 4.79 Å². The SMILES string of the molecule is COc1ccc(C2C=C(c3ccccc3)Nc3[nH]c(=S)[nH]c(=O)c32)c(OC)c1. The number of aromatic amines is 2. The second-order valence-electron chi connectivity index (χ2n) is 6.35. The van der Waals surface area contributed by atoms with Crippen LogP contribution in [0.15, 0.2) is 59.4 Å². The minimum Gasteiger partial charge on any atom is -0.497 e. The van der Waals surface area contributed by atoms with E-state index in [0.717, 1.165) is 16.8 Å². The lowest BCUT2D eigenvalue weighted by atomic mass is 9.87. The Kier molecular flexibility index (Phi) is 4.75. The molecule has 0 saturated carbocycles. The lowest BCUT2D eigenvalue weighted by Gasteiger charge is -2.26. The third-order valence-electron chi connectivity index (χ3n) is 4.74. The molecule has 1 unspecified atom stereocenters. The van der Waals surface area contributed by atoms with E-state index < -0.39 is 0 Å². The smallest absolute Gasteiger partial charge is 0.257 e. The first kappa shape index (κ1) is 18.1. The molecule has 0 radical (unpaired) electrons. The third-order valence-corrected chi connectivity index (χ3v) is 4.95. The maximum absolute atomic E-state index is 12.8. The van der Waals surface area contributed by atoms with Gasteiger partial charge in [-0.25, -0.2) is 0 Å². The van der Waals surface area contributed by atoms with Crippen LogP contribution in [0, 0.1) is 4.77 Å². The van der Waals surface area contributed by atoms with Crippen LogP contribution in [0.3, 0.4) is 0 Å². The fourth-order valence-electron chi connectivity index (χ4n) is 3.42. The van der Waals surface area contributed by atoms with Gasteiger partial charge in [-0.15, -0.1) is 0 Å². The first-order chi connectivity index (χ1) is 13.6. The van der Waals surface area contributed by atoms with Crippen LogP contribution >= 0.6 is 12.2 Å². The van der Waals surface area contributed by atoms with Crippen LogP contribution in [-0.4, -0.2) is 24.2 Å². The van der Waals surface area contributed by atoms with E-state index in [4.69, 9.17) is 21.7 Å². The Hall–Kier alpha value is -3.32. The summed E-state index contributed by atoms with van der Waals surface area (Å²) in [7, 11) is 3.21. The molecule has 0 amide bonds. The quantitative estimate of drug-likeness (QED) is 0.583. The number of ether oxygens (including phenoxy) is 2. The molecule has 3 aromatic rings. The molecule has 28 heavy (non-hydrogen) atoms. The number of benzene rings is 2. The summed E-state index contributed by atoms with van der Waals surface area (Å²) in [5, 5.41) is 3.31. The number of H-pyrrole nitrogens is 2. The molecular weight excluding hydrogens is 374 g/mol. The number of methoxy groups -OCH3 is 2. The summed E-state index contributed by atoms with van der Waals surface area (Å²) in [4.78, 5) is 18.5. The molecule has 3 N–H and O–H groups in total. The van der Waals surface area contributed by atoms with Gasteiger partial charge in [0.15, 0.2) is 4.77 Å². The van der Waals surface area contributed by atoms with Gasteiger partial charge in [-0.05, 0) is 29.9 Å². The molecule has 6 nitrogen and oxygen atoms in total. The van der Waals surface area contributed by atoms with Gasteiger partial charge < -0.3 is 19.8 Å². The van der Waals surface area contributed by atoms with Gasteiger partial charge in [0.05, 0.1) is 19.8 Å². The van der Waals surface area contributed by atoms with Crippen molar-refractivity contribution in [1.29, 1.82) is 0 Å². The summed E-state index contributed by atoms with van der Waals surface area (Å²) in [5.74, 6) is 1.58. The van der Waals surface area contributed by atoms with Gasteiger partial charge in [0, 0.05) is 23.2 Å². The zero-order valence-electron chi connectivity index (χ0n) is 15.4. The van der Waals surface area contributed by atoms with Gasteiger partial charge in [0.1, 0.15) is 17.3 Å². The number of fused-ring (bicyclic) bond motifs is 1. The van der Waals surface area contributed by atoms with Crippen molar-refractivity contribution in [1.82, 2.24) is 9.97 Å². The van der Waals surface area contributed by atoms with E-state index in [-0.39, 0.29) is 16.2 Å². The van der Waals surface area contributed by atoms with E-state index in [1.54, 1.807) is 14.2 Å². The van der Waals surface area contributed by atoms with Crippen LogP contribution < -0.4 is 20.3 Å².